The molecule has 1 N–H and O–H groups in total. The highest BCUT2D eigenvalue weighted by Gasteiger charge is 2.22. The largest absolute Gasteiger partial charge is 0.493 e. The van der Waals surface area contributed by atoms with E-state index >= 15 is 0 Å². The van der Waals surface area contributed by atoms with Crippen molar-refractivity contribution in [2.45, 2.75) is 20.0 Å². The summed E-state index contributed by atoms with van der Waals surface area (Å²) >= 11 is 0. The number of nitro groups is 2. The van der Waals surface area contributed by atoms with Gasteiger partial charge in [0, 0.05) is 17.8 Å². The van der Waals surface area contributed by atoms with Crippen LogP contribution in [0.15, 0.2) is 66.2 Å². The van der Waals surface area contributed by atoms with Crippen molar-refractivity contribution in [2.75, 3.05) is 12.4 Å². The molecule has 0 aromatic heterocycles. The number of amides is 1. The third-order valence-electron chi connectivity index (χ3n) is 4.90. The summed E-state index contributed by atoms with van der Waals surface area (Å²) in [6.07, 6.45) is 1.29. The molecule has 12 nitrogen and oxygen atoms in total. The van der Waals surface area contributed by atoms with E-state index in [0.717, 1.165) is 18.2 Å². The number of nitriles is 1. The standard InChI is InChI=1S/C26H22N4O8/c1-16(2)37-21-6-4-5-19(13-21)28-26(31)18(15-27)11-17-7-9-24(25(12-17)36-3)38-23-10-8-20(29(32)33)14-22(23)30(34)35/h4-14,16H,1-3H3,(H,28,31)/b18-11-. The van der Waals surface area contributed by atoms with Crippen LogP contribution in [0.1, 0.15) is 19.4 Å². The average molecular weight is 518 g/mol. The molecule has 0 atom stereocenters. The van der Waals surface area contributed by atoms with E-state index in [9.17, 15) is 30.3 Å². The normalized spacial score (nSPS) is 10.9. The second-order valence-electron chi connectivity index (χ2n) is 8.00. The van der Waals surface area contributed by atoms with Crippen LogP contribution in [0.3, 0.4) is 0 Å². The quantitative estimate of drug-likeness (QED) is 0.155. The van der Waals surface area contributed by atoms with Gasteiger partial charge in [0.1, 0.15) is 17.4 Å². The lowest BCUT2D eigenvalue weighted by Crippen LogP contribution is -2.13. The van der Waals surface area contributed by atoms with Gasteiger partial charge in [-0.25, -0.2) is 0 Å². The smallest absolute Gasteiger partial charge is 0.318 e. The minimum atomic E-state index is -0.797. The summed E-state index contributed by atoms with van der Waals surface area (Å²) in [5.41, 5.74) is -0.396. The van der Waals surface area contributed by atoms with Crippen molar-refractivity contribution >= 4 is 29.0 Å². The molecule has 0 bridgehead atoms. The first-order chi connectivity index (χ1) is 18.1. The van der Waals surface area contributed by atoms with E-state index in [0.29, 0.717) is 17.0 Å². The maximum absolute atomic E-state index is 12.7. The fraction of sp³-hybridized carbons (Fsp3) is 0.154. The van der Waals surface area contributed by atoms with Crippen LogP contribution in [-0.4, -0.2) is 29.0 Å². The number of non-ortho nitro benzene ring substituents is 1. The van der Waals surface area contributed by atoms with Crippen LogP contribution in [0.5, 0.6) is 23.0 Å². The maximum Gasteiger partial charge on any atom is 0.318 e. The summed E-state index contributed by atoms with van der Waals surface area (Å²) in [4.78, 5) is 33.5. The topological polar surface area (TPSA) is 167 Å². The second-order valence-corrected chi connectivity index (χ2v) is 8.00. The lowest BCUT2D eigenvalue weighted by Gasteiger charge is -2.12. The lowest BCUT2D eigenvalue weighted by molar-refractivity contribution is -0.394. The average Bonchev–Trinajstić information content (AvgIpc) is 2.87. The fourth-order valence-corrected chi connectivity index (χ4v) is 3.26. The van der Waals surface area contributed by atoms with Gasteiger partial charge in [-0.15, -0.1) is 0 Å². The molecule has 194 valence electrons. The molecule has 3 aromatic carbocycles. The van der Waals surface area contributed by atoms with Gasteiger partial charge in [0.25, 0.3) is 11.6 Å². The van der Waals surface area contributed by atoms with Gasteiger partial charge in [0.15, 0.2) is 11.5 Å². The highest BCUT2D eigenvalue weighted by molar-refractivity contribution is 6.09. The summed E-state index contributed by atoms with van der Waals surface area (Å²) < 4.78 is 16.5. The lowest BCUT2D eigenvalue weighted by atomic mass is 10.1. The molecule has 0 aliphatic rings. The van der Waals surface area contributed by atoms with Crippen molar-refractivity contribution in [3.8, 4) is 29.1 Å². The molecule has 0 saturated carbocycles. The van der Waals surface area contributed by atoms with Crippen LogP contribution in [0.2, 0.25) is 0 Å². The molecule has 3 rings (SSSR count). The molecule has 0 spiro atoms. The van der Waals surface area contributed by atoms with Crippen molar-refractivity contribution in [3.05, 3.63) is 92.0 Å². The SMILES string of the molecule is COc1cc(/C=C(/C#N)C(=O)Nc2cccc(OC(C)C)c2)ccc1Oc1ccc([N+](=O)[O-])cc1[N+](=O)[O-]. The number of ether oxygens (including phenoxy) is 3. The zero-order chi connectivity index (χ0) is 27.8. The van der Waals surface area contributed by atoms with E-state index in [1.54, 1.807) is 24.3 Å². The third-order valence-corrected chi connectivity index (χ3v) is 4.90. The molecule has 0 saturated heterocycles. The number of nitrogens with one attached hydrogen (secondary N) is 1. The van der Waals surface area contributed by atoms with Crippen LogP contribution in [0, 0.1) is 31.6 Å². The number of hydrogen-bond donors (Lipinski definition) is 1. The molecule has 0 fully saturated rings. The van der Waals surface area contributed by atoms with E-state index in [-0.39, 0.29) is 28.9 Å². The van der Waals surface area contributed by atoms with Crippen molar-refractivity contribution in [3.63, 3.8) is 0 Å². The van der Waals surface area contributed by atoms with Crippen molar-refractivity contribution in [2.24, 2.45) is 0 Å². The Balaban J connectivity index is 1.85. The van der Waals surface area contributed by atoms with Gasteiger partial charge in [-0.2, -0.15) is 5.26 Å². The van der Waals surface area contributed by atoms with Gasteiger partial charge in [0.2, 0.25) is 5.75 Å². The molecule has 38 heavy (non-hydrogen) atoms. The molecule has 12 heteroatoms. The van der Waals surface area contributed by atoms with Crippen LogP contribution in [0.25, 0.3) is 6.08 Å². The number of carbonyl (C=O) groups is 1. The van der Waals surface area contributed by atoms with Gasteiger partial charge >= 0.3 is 5.69 Å². The predicted octanol–water partition coefficient (Wildman–Crippen LogP) is 5.64. The molecule has 0 radical (unpaired) electrons. The third kappa shape index (κ3) is 6.82. The highest BCUT2D eigenvalue weighted by atomic mass is 16.6. The number of nitro benzene ring substituents is 2. The second kappa shape index (κ2) is 12.0. The van der Waals surface area contributed by atoms with Crippen LogP contribution in [0.4, 0.5) is 17.1 Å². The number of benzene rings is 3. The van der Waals surface area contributed by atoms with Crippen molar-refractivity contribution in [1.29, 1.82) is 5.26 Å². The molecule has 3 aromatic rings. The predicted molar refractivity (Wildman–Crippen MR) is 137 cm³/mol. The van der Waals surface area contributed by atoms with Gasteiger partial charge < -0.3 is 19.5 Å². The molecule has 1 amide bonds. The number of rotatable bonds is 10. The number of carbonyl (C=O) groups excluding carboxylic acids is 1. The van der Waals surface area contributed by atoms with Gasteiger partial charge in [0.05, 0.1) is 29.1 Å². The van der Waals surface area contributed by atoms with E-state index in [1.807, 2.05) is 19.9 Å². The maximum atomic E-state index is 12.7. The fourth-order valence-electron chi connectivity index (χ4n) is 3.26. The zero-order valence-corrected chi connectivity index (χ0v) is 20.5. The van der Waals surface area contributed by atoms with Crippen LogP contribution >= 0.6 is 0 Å². The Kier molecular flexibility index (Phi) is 8.57. The summed E-state index contributed by atoms with van der Waals surface area (Å²) in [5.74, 6) is -0.0963. The van der Waals surface area contributed by atoms with E-state index < -0.39 is 27.1 Å². The molecule has 0 aliphatic heterocycles. The monoisotopic (exact) mass is 518 g/mol. The minimum absolute atomic E-state index is 0.0519. The Morgan fingerprint density at radius 2 is 1.74 bits per heavy atom. The Morgan fingerprint density at radius 3 is 2.37 bits per heavy atom. The first kappa shape index (κ1) is 27.2. The molecular weight excluding hydrogens is 496 g/mol. The first-order valence-electron chi connectivity index (χ1n) is 11.1. The Bertz CT molecular complexity index is 1460. The molecular formula is C26H22N4O8. The Labute approximate surface area is 217 Å². The number of nitrogens with zero attached hydrogens (tertiary/aromatic N) is 3. The molecule has 0 unspecified atom stereocenters. The summed E-state index contributed by atoms with van der Waals surface area (Å²) in [5, 5.41) is 34.6. The van der Waals surface area contributed by atoms with Crippen molar-refractivity contribution < 1.29 is 28.9 Å². The molecule has 0 heterocycles. The number of methoxy groups -OCH3 is 1. The Morgan fingerprint density at radius 1 is 1.00 bits per heavy atom. The number of hydrogen-bond acceptors (Lipinski definition) is 9. The van der Waals surface area contributed by atoms with E-state index in [2.05, 4.69) is 5.32 Å². The Hall–Kier alpha value is -5.44. The minimum Gasteiger partial charge on any atom is -0.493 e. The van der Waals surface area contributed by atoms with Gasteiger partial charge in [-0.05, 0) is 55.8 Å². The van der Waals surface area contributed by atoms with Gasteiger partial charge in [-0.3, -0.25) is 25.0 Å². The number of anilines is 1. The van der Waals surface area contributed by atoms with Crippen LogP contribution < -0.4 is 19.5 Å². The van der Waals surface area contributed by atoms with E-state index in [1.165, 1.54) is 31.4 Å². The van der Waals surface area contributed by atoms with E-state index in [4.69, 9.17) is 14.2 Å². The summed E-state index contributed by atoms with van der Waals surface area (Å²) in [6, 6.07) is 16.0. The highest BCUT2D eigenvalue weighted by Crippen LogP contribution is 2.38. The zero-order valence-electron chi connectivity index (χ0n) is 20.5. The summed E-state index contributed by atoms with van der Waals surface area (Å²) in [7, 11) is 1.34. The summed E-state index contributed by atoms with van der Waals surface area (Å²) in [6.45, 7) is 3.75. The van der Waals surface area contributed by atoms with Crippen molar-refractivity contribution in [1.82, 2.24) is 0 Å². The molecule has 0 aliphatic carbocycles. The van der Waals surface area contributed by atoms with Crippen LogP contribution in [-0.2, 0) is 4.79 Å². The van der Waals surface area contributed by atoms with Gasteiger partial charge in [-0.1, -0.05) is 12.1 Å². The first-order valence-corrected chi connectivity index (χ1v) is 11.1.